The molecule has 1 aromatic heterocycles. The number of rotatable bonds is 2. The number of alkyl halides is 3. The first kappa shape index (κ1) is 14.1. The summed E-state index contributed by atoms with van der Waals surface area (Å²) in [6, 6.07) is 5.36. The number of benzene rings is 1. The van der Waals surface area contributed by atoms with Crippen LogP contribution in [0.2, 0.25) is 0 Å². The molecule has 0 amide bonds. The van der Waals surface area contributed by atoms with Crippen molar-refractivity contribution in [2.45, 2.75) is 26.1 Å². The van der Waals surface area contributed by atoms with Crippen molar-refractivity contribution in [3.63, 3.8) is 0 Å². The van der Waals surface area contributed by atoms with E-state index in [2.05, 4.69) is 22.0 Å². The van der Waals surface area contributed by atoms with Crippen molar-refractivity contribution in [2.75, 3.05) is 13.1 Å². The van der Waals surface area contributed by atoms with Crippen LogP contribution in [-0.4, -0.2) is 28.2 Å². The summed E-state index contributed by atoms with van der Waals surface area (Å²) in [6.45, 7) is 4.68. The van der Waals surface area contributed by atoms with Crippen LogP contribution in [-0.2, 0) is 19.1 Å². The SMILES string of the molecule is CCN1CCc2[nH]nc(-c3cccc(C(F)(F)F)c3)c2C1. The summed E-state index contributed by atoms with van der Waals surface area (Å²) >= 11 is 0. The van der Waals surface area contributed by atoms with E-state index < -0.39 is 11.7 Å². The van der Waals surface area contributed by atoms with E-state index in [4.69, 9.17) is 0 Å². The minimum Gasteiger partial charge on any atom is -0.299 e. The second-order valence-corrected chi connectivity index (χ2v) is 5.23. The standard InChI is InChI=1S/C15H16F3N3/c1-2-21-7-6-13-12(9-21)14(20-19-13)10-4-3-5-11(8-10)15(16,17)18/h3-5,8H,2,6-7,9H2,1H3,(H,19,20). The zero-order chi connectivity index (χ0) is 15.0. The first-order chi connectivity index (χ1) is 9.99. The van der Waals surface area contributed by atoms with Gasteiger partial charge in [-0.25, -0.2) is 0 Å². The summed E-state index contributed by atoms with van der Waals surface area (Å²) < 4.78 is 38.5. The largest absolute Gasteiger partial charge is 0.416 e. The molecule has 1 N–H and O–H groups in total. The minimum atomic E-state index is -4.33. The Morgan fingerprint density at radius 2 is 2.14 bits per heavy atom. The van der Waals surface area contributed by atoms with E-state index in [1.807, 2.05) is 0 Å². The molecular formula is C15H16F3N3. The van der Waals surface area contributed by atoms with Gasteiger partial charge < -0.3 is 0 Å². The predicted molar refractivity (Wildman–Crippen MR) is 73.7 cm³/mol. The third-order valence-electron chi connectivity index (χ3n) is 3.92. The molecule has 1 aromatic carbocycles. The maximum Gasteiger partial charge on any atom is 0.416 e. The molecule has 0 aliphatic carbocycles. The van der Waals surface area contributed by atoms with Crippen molar-refractivity contribution in [1.82, 2.24) is 15.1 Å². The molecule has 3 nitrogen and oxygen atoms in total. The van der Waals surface area contributed by atoms with Gasteiger partial charge in [-0.05, 0) is 18.7 Å². The fraction of sp³-hybridized carbons (Fsp3) is 0.400. The fourth-order valence-electron chi connectivity index (χ4n) is 2.70. The molecule has 2 heterocycles. The molecule has 112 valence electrons. The number of fused-ring (bicyclic) bond motifs is 1. The molecule has 0 fully saturated rings. The molecule has 0 radical (unpaired) electrons. The summed E-state index contributed by atoms with van der Waals surface area (Å²) in [4.78, 5) is 2.26. The van der Waals surface area contributed by atoms with Crippen LogP contribution in [0.3, 0.4) is 0 Å². The highest BCUT2D eigenvalue weighted by atomic mass is 19.4. The molecule has 0 bridgehead atoms. The van der Waals surface area contributed by atoms with Gasteiger partial charge in [0.15, 0.2) is 0 Å². The van der Waals surface area contributed by atoms with Gasteiger partial charge in [0.1, 0.15) is 0 Å². The van der Waals surface area contributed by atoms with E-state index in [0.29, 0.717) is 11.3 Å². The average Bonchev–Trinajstić information content (AvgIpc) is 2.89. The first-order valence-corrected chi connectivity index (χ1v) is 6.95. The van der Waals surface area contributed by atoms with Crippen molar-refractivity contribution in [3.05, 3.63) is 41.1 Å². The number of H-pyrrole nitrogens is 1. The fourth-order valence-corrected chi connectivity index (χ4v) is 2.70. The third kappa shape index (κ3) is 2.68. The number of halogens is 3. The highest BCUT2D eigenvalue weighted by Crippen LogP contribution is 2.34. The Labute approximate surface area is 120 Å². The molecule has 0 unspecified atom stereocenters. The molecular weight excluding hydrogens is 279 g/mol. The van der Waals surface area contributed by atoms with Gasteiger partial charge in [-0.1, -0.05) is 19.1 Å². The van der Waals surface area contributed by atoms with E-state index in [1.165, 1.54) is 12.1 Å². The van der Waals surface area contributed by atoms with E-state index in [0.717, 1.165) is 43.4 Å². The van der Waals surface area contributed by atoms with Crippen LogP contribution in [0.25, 0.3) is 11.3 Å². The van der Waals surface area contributed by atoms with Gasteiger partial charge in [-0.2, -0.15) is 18.3 Å². The Morgan fingerprint density at radius 3 is 2.86 bits per heavy atom. The number of hydrogen-bond donors (Lipinski definition) is 1. The zero-order valence-electron chi connectivity index (χ0n) is 11.7. The smallest absolute Gasteiger partial charge is 0.299 e. The lowest BCUT2D eigenvalue weighted by Gasteiger charge is -2.25. The summed E-state index contributed by atoms with van der Waals surface area (Å²) in [5.74, 6) is 0. The predicted octanol–water partition coefficient (Wildman–Crippen LogP) is 3.47. The van der Waals surface area contributed by atoms with Crippen LogP contribution in [0.5, 0.6) is 0 Å². The normalized spacial score (nSPS) is 16.0. The monoisotopic (exact) mass is 295 g/mol. The van der Waals surface area contributed by atoms with Crippen LogP contribution >= 0.6 is 0 Å². The van der Waals surface area contributed by atoms with Crippen molar-refractivity contribution < 1.29 is 13.2 Å². The molecule has 21 heavy (non-hydrogen) atoms. The van der Waals surface area contributed by atoms with Gasteiger partial charge in [-0.3, -0.25) is 10.00 Å². The van der Waals surface area contributed by atoms with Gasteiger partial charge in [0, 0.05) is 36.3 Å². The van der Waals surface area contributed by atoms with Crippen LogP contribution in [0.4, 0.5) is 13.2 Å². The number of likely N-dealkylation sites (N-methyl/N-ethyl adjacent to an activating group) is 1. The lowest BCUT2D eigenvalue weighted by atomic mass is 9.99. The number of aromatic amines is 1. The van der Waals surface area contributed by atoms with E-state index in [1.54, 1.807) is 6.07 Å². The van der Waals surface area contributed by atoms with Gasteiger partial charge in [-0.15, -0.1) is 0 Å². The molecule has 0 spiro atoms. The number of aromatic nitrogens is 2. The topological polar surface area (TPSA) is 31.9 Å². The van der Waals surface area contributed by atoms with Crippen molar-refractivity contribution in [1.29, 1.82) is 0 Å². The van der Waals surface area contributed by atoms with Crippen molar-refractivity contribution in [2.24, 2.45) is 0 Å². The Morgan fingerprint density at radius 1 is 1.33 bits per heavy atom. The van der Waals surface area contributed by atoms with E-state index >= 15 is 0 Å². The Balaban J connectivity index is 2.01. The van der Waals surface area contributed by atoms with Gasteiger partial charge in [0.05, 0.1) is 11.3 Å². The van der Waals surface area contributed by atoms with Crippen LogP contribution in [0.15, 0.2) is 24.3 Å². The molecule has 1 aliphatic heterocycles. The van der Waals surface area contributed by atoms with Gasteiger partial charge >= 0.3 is 6.18 Å². The lowest BCUT2D eigenvalue weighted by Crippen LogP contribution is -2.30. The van der Waals surface area contributed by atoms with Crippen LogP contribution in [0, 0.1) is 0 Å². The number of nitrogens with one attached hydrogen (secondary N) is 1. The van der Waals surface area contributed by atoms with Crippen LogP contribution in [0.1, 0.15) is 23.7 Å². The summed E-state index contributed by atoms with van der Waals surface area (Å²) in [7, 11) is 0. The van der Waals surface area contributed by atoms with Crippen LogP contribution < -0.4 is 0 Å². The quantitative estimate of drug-likeness (QED) is 0.920. The highest BCUT2D eigenvalue weighted by Gasteiger charge is 2.31. The lowest BCUT2D eigenvalue weighted by molar-refractivity contribution is -0.137. The maximum absolute atomic E-state index is 12.8. The molecule has 0 saturated heterocycles. The first-order valence-electron chi connectivity index (χ1n) is 6.95. The molecule has 0 saturated carbocycles. The molecule has 1 aliphatic rings. The molecule has 2 aromatic rings. The van der Waals surface area contributed by atoms with E-state index in [9.17, 15) is 13.2 Å². The summed E-state index contributed by atoms with van der Waals surface area (Å²) in [6.07, 6.45) is -3.48. The number of hydrogen-bond acceptors (Lipinski definition) is 2. The Hall–Kier alpha value is -1.82. The summed E-state index contributed by atoms with van der Waals surface area (Å²) in [5.41, 5.74) is 2.56. The molecule has 0 atom stereocenters. The molecule has 6 heteroatoms. The maximum atomic E-state index is 12.8. The zero-order valence-corrected chi connectivity index (χ0v) is 11.7. The van der Waals surface area contributed by atoms with Crippen molar-refractivity contribution in [3.8, 4) is 11.3 Å². The second-order valence-electron chi connectivity index (χ2n) is 5.23. The van der Waals surface area contributed by atoms with E-state index in [-0.39, 0.29) is 0 Å². The highest BCUT2D eigenvalue weighted by molar-refractivity contribution is 5.65. The molecule has 3 rings (SSSR count). The minimum absolute atomic E-state index is 0.514. The Kier molecular flexibility index (Phi) is 3.49. The Bertz CT molecular complexity index is 646. The number of nitrogens with zero attached hydrogens (tertiary/aromatic N) is 2. The van der Waals surface area contributed by atoms with Crippen molar-refractivity contribution >= 4 is 0 Å². The van der Waals surface area contributed by atoms with Gasteiger partial charge in [0.2, 0.25) is 0 Å². The second kappa shape index (κ2) is 5.18. The third-order valence-corrected chi connectivity index (χ3v) is 3.92. The van der Waals surface area contributed by atoms with Gasteiger partial charge in [0.25, 0.3) is 0 Å². The average molecular weight is 295 g/mol. The summed E-state index contributed by atoms with van der Waals surface area (Å²) in [5, 5.41) is 7.21.